The monoisotopic (exact) mass is 222 g/mol. The number of aliphatic hydroxyl groups is 1. The fourth-order valence-electron chi connectivity index (χ4n) is 1.50. The Balaban J connectivity index is 2.69. The summed E-state index contributed by atoms with van der Waals surface area (Å²) in [5.74, 6) is 4.71. The van der Waals surface area contributed by atoms with Crippen molar-refractivity contribution in [3.63, 3.8) is 0 Å². The zero-order valence-corrected chi connectivity index (χ0v) is 8.67. The Morgan fingerprint density at radius 3 is 2.87 bits per heavy atom. The first-order valence-electron chi connectivity index (χ1n) is 4.40. The van der Waals surface area contributed by atoms with Crippen LogP contribution in [0, 0.1) is 0 Å². The lowest BCUT2D eigenvalue weighted by molar-refractivity contribution is 0.0955. The van der Waals surface area contributed by atoms with Crippen molar-refractivity contribution in [2.45, 2.75) is 6.61 Å². The third-order valence-corrected chi connectivity index (χ3v) is 3.41. The Hall–Kier alpha value is -1.43. The van der Waals surface area contributed by atoms with Crippen LogP contribution in [0.2, 0.25) is 0 Å². The molecule has 0 aliphatic heterocycles. The fourth-order valence-corrected chi connectivity index (χ4v) is 2.62. The molecule has 0 aliphatic rings. The van der Waals surface area contributed by atoms with E-state index in [1.54, 1.807) is 0 Å². The smallest absolute Gasteiger partial charge is 0.275 e. The molecule has 0 radical (unpaired) electrons. The average molecular weight is 222 g/mol. The van der Waals surface area contributed by atoms with Gasteiger partial charge in [-0.3, -0.25) is 10.2 Å². The number of thiophene rings is 1. The molecule has 0 saturated carbocycles. The van der Waals surface area contributed by atoms with E-state index in [4.69, 9.17) is 5.84 Å². The van der Waals surface area contributed by atoms with Gasteiger partial charge in [0.1, 0.15) is 0 Å². The first kappa shape index (κ1) is 10.1. The lowest BCUT2D eigenvalue weighted by atomic mass is 10.1. The Bertz CT molecular complexity index is 507. The second kappa shape index (κ2) is 3.98. The number of nitrogens with two attached hydrogens (primary N) is 1. The summed E-state index contributed by atoms with van der Waals surface area (Å²) in [6, 6.07) is 7.56. The van der Waals surface area contributed by atoms with Gasteiger partial charge >= 0.3 is 0 Å². The topological polar surface area (TPSA) is 75.3 Å². The number of carbonyl (C=O) groups is 1. The van der Waals surface area contributed by atoms with E-state index in [-0.39, 0.29) is 12.5 Å². The zero-order chi connectivity index (χ0) is 10.8. The molecule has 2 rings (SSSR count). The molecule has 0 atom stereocenters. The van der Waals surface area contributed by atoms with Crippen molar-refractivity contribution in [1.29, 1.82) is 0 Å². The molecular weight excluding hydrogens is 212 g/mol. The molecule has 4 nitrogen and oxygen atoms in total. The van der Waals surface area contributed by atoms with Crippen molar-refractivity contribution in [3.05, 3.63) is 34.7 Å². The van der Waals surface area contributed by atoms with Crippen molar-refractivity contribution >= 4 is 27.3 Å². The number of aliphatic hydroxyl groups excluding tert-OH is 1. The molecule has 78 valence electrons. The van der Waals surface area contributed by atoms with E-state index < -0.39 is 0 Å². The number of hydrogen-bond acceptors (Lipinski definition) is 4. The highest BCUT2D eigenvalue weighted by atomic mass is 32.1. The number of carbonyl (C=O) groups excluding carboxylic acids is 1. The average Bonchev–Trinajstić information content (AvgIpc) is 2.66. The molecule has 0 aliphatic carbocycles. The van der Waals surface area contributed by atoms with Gasteiger partial charge in [-0.25, -0.2) is 5.84 Å². The molecular formula is C10H10N2O2S. The molecule has 0 saturated heterocycles. The molecule has 1 amide bonds. The number of fused-ring (bicyclic) bond motifs is 1. The summed E-state index contributed by atoms with van der Waals surface area (Å²) in [5, 5.41) is 10.1. The molecule has 1 aromatic carbocycles. The van der Waals surface area contributed by atoms with Gasteiger partial charge in [0.2, 0.25) is 0 Å². The summed E-state index contributed by atoms with van der Waals surface area (Å²) in [6.45, 7) is -0.160. The van der Waals surface area contributed by atoms with E-state index in [9.17, 15) is 9.90 Å². The molecule has 1 heterocycles. The van der Waals surface area contributed by atoms with Gasteiger partial charge in [-0.05, 0) is 11.5 Å². The van der Waals surface area contributed by atoms with Gasteiger partial charge < -0.3 is 5.11 Å². The van der Waals surface area contributed by atoms with Crippen LogP contribution in [0.15, 0.2) is 24.3 Å². The molecule has 4 N–H and O–H groups in total. The highest BCUT2D eigenvalue weighted by Crippen LogP contribution is 2.30. The minimum absolute atomic E-state index is 0.160. The van der Waals surface area contributed by atoms with Gasteiger partial charge in [0.15, 0.2) is 0 Å². The highest BCUT2D eigenvalue weighted by molar-refractivity contribution is 7.21. The third-order valence-electron chi connectivity index (χ3n) is 2.19. The van der Waals surface area contributed by atoms with Crippen molar-refractivity contribution < 1.29 is 9.90 Å². The van der Waals surface area contributed by atoms with Crippen LogP contribution in [-0.2, 0) is 6.61 Å². The maximum absolute atomic E-state index is 11.4. The normalized spacial score (nSPS) is 10.5. The number of hydrazine groups is 1. The molecule has 0 spiro atoms. The standard InChI is InChI=1S/C10H10N2O2S/c11-12-10(14)9-7(5-13)6-3-1-2-4-8(6)15-9/h1-4,13H,5,11H2,(H,12,14). The van der Waals surface area contributed by atoms with Crippen LogP contribution in [0.1, 0.15) is 15.2 Å². The SMILES string of the molecule is NNC(=O)c1sc2ccccc2c1CO. The molecule has 15 heavy (non-hydrogen) atoms. The quantitative estimate of drug-likeness (QED) is 0.403. The van der Waals surface area contributed by atoms with E-state index in [0.29, 0.717) is 10.4 Å². The Morgan fingerprint density at radius 1 is 1.47 bits per heavy atom. The number of amides is 1. The number of rotatable bonds is 2. The molecule has 0 bridgehead atoms. The molecule has 0 fully saturated rings. The Kier molecular flexibility index (Phi) is 2.68. The summed E-state index contributed by atoms with van der Waals surface area (Å²) < 4.78 is 0.972. The predicted molar refractivity (Wildman–Crippen MR) is 59.4 cm³/mol. The van der Waals surface area contributed by atoms with Crippen molar-refractivity contribution in [3.8, 4) is 0 Å². The minimum Gasteiger partial charge on any atom is -0.392 e. The second-order valence-corrected chi connectivity index (χ2v) is 4.09. The summed E-state index contributed by atoms with van der Waals surface area (Å²) in [7, 11) is 0. The van der Waals surface area contributed by atoms with Crippen molar-refractivity contribution in [2.24, 2.45) is 5.84 Å². The first-order chi connectivity index (χ1) is 7.27. The van der Waals surface area contributed by atoms with Crippen LogP contribution >= 0.6 is 11.3 Å². The minimum atomic E-state index is -0.361. The predicted octanol–water partition coefficient (Wildman–Crippen LogP) is 0.997. The van der Waals surface area contributed by atoms with Crippen LogP contribution in [-0.4, -0.2) is 11.0 Å². The summed E-state index contributed by atoms with van der Waals surface area (Å²) in [6.07, 6.45) is 0. The highest BCUT2D eigenvalue weighted by Gasteiger charge is 2.16. The maximum Gasteiger partial charge on any atom is 0.275 e. The van der Waals surface area contributed by atoms with Crippen molar-refractivity contribution in [2.75, 3.05) is 0 Å². The van der Waals surface area contributed by atoms with Crippen LogP contribution in [0.25, 0.3) is 10.1 Å². The Morgan fingerprint density at radius 2 is 2.20 bits per heavy atom. The van der Waals surface area contributed by atoms with Gasteiger partial charge in [0.25, 0.3) is 5.91 Å². The lowest BCUT2D eigenvalue weighted by Crippen LogP contribution is -2.29. The van der Waals surface area contributed by atoms with Crippen LogP contribution in [0.5, 0.6) is 0 Å². The molecule has 1 aromatic heterocycles. The Labute approximate surface area is 90.3 Å². The number of nitrogens with one attached hydrogen (secondary N) is 1. The summed E-state index contributed by atoms with van der Waals surface area (Å²) in [5.41, 5.74) is 2.71. The zero-order valence-electron chi connectivity index (χ0n) is 7.86. The molecule has 5 heteroatoms. The van der Waals surface area contributed by atoms with Crippen molar-refractivity contribution in [1.82, 2.24) is 5.43 Å². The summed E-state index contributed by atoms with van der Waals surface area (Å²) >= 11 is 1.33. The number of nitrogen functional groups attached to an aromatic ring is 1. The van der Waals surface area contributed by atoms with Gasteiger partial charge in [0.05, 0.1) is 11.5 Å². The van der Waals surface area contributed by atoms with E-state index in [1.807, 2.05) is 24.3 Å². The number of hydrogen-bond donors (Lipinski definition) is 3. The van der Waals surface area contributed by atoms with Crippen LogP contribution < -0.4 is 11.3 Å². The second-order valence-electron chi connectivity index (χ2n) is 3.04. The lowest BCUT2D eigenvalue weighted by Gasteiger charge is -1.98. The van der Waals surface area contributed by atoms with Crippen LogP contribution in [0.4, 0.5) is 0 Å². The summed E-state index contributed by atoms with van der Waals surface area (Å²) in [4.78, 5) is 11.9. The van der Waals surface area contributed by atoms with Gasteiger partial charge in [-0.15, -0.1) is 11.3 Å². The largest absolute Gasteiger partial charge is 0.392 e. The van der Waals surface area contributed by atoms with E-state index in [0.717, 1.165) is 10.1 Å². The van der Waals surface area contributed by atoms with Gasteiger partial charge in [0, 0.05) is 10.3 Å². The van der Waals surface area contributed by atoms with E-state index in [2.05, 4.69) is 5.43 Å². The van der Waals surface area contributed by atoms with E-state index in [1.165, 1.54) is 11.3 Å². The molecule has 0 unspecified atom stereocenters. The van der Waals surface area contributed by atoms with Gasteiger partial charge in [-0.2, -0.15) is 0 Å². The molecule has 2 aromatic rings. The van der Waals surface area contributed by atoms with Crippen LogP contribution in [0.3, 0.4) is 0 Å². The number of benzene rings is 1. The van der Waals surface area contributed by atoms with E-state index >= 15 is 0 Å². The maximum atomic E-state index is 11.4. The van der Waals surface area contributed by atoms with Gasteiger partial charge in [-0.1, -0.05) is 18.2 Å². The fraction of sp³-hybridized carbons (Fsp3) is 0.100. The first-order valence-corrected chi connectivity index (χ1v) is 5.21. The third kappa shape index (κ3) is 1.61.